The fraction of sp³-hybridized carbons (Fsp3) is 0.643. The zero-order chi connectivity index (χ0) is 28.3. The number of nitrogens with one attached hydrogen (secondary N) is 2. The van der Waals surface area contributed by atoms with Gasteiger partial charge in [0.25, 0.3) is 0 Å². The number of anilines is 1. The molecule has 3 aliphatic carbocycles. The number of nitrogens with zero attached hydrogens (tertiary/aromatic N) is 6. The molecule has 3 aromatic heterocycles. The first-order chi connectivity index (χ1) is 19.0. The number of sulfonamides is 1. The summed E-state index contributed by atoms with van der Waals surface area (Å²) in [5.74, 6) is -0.263. The van der Waals surface area contributed by atoms with Gasteiger partial charge in [-0.3, -0.25) is 14.2 Å². The van der Waals surface area contributed by atoms with E-state index < -0.39 is 10.0 Å². The lowest BCUT2D eigenvalue weighted by Crippen LogP contribution is -2.58. The van der Waals surface area contributed by atoms with Gasteiger partial charge in [0.1, 0.15) is 0 Å². The summed E-state index contributed by atoms with van der Waals surface area (Å²) in [5.41, 5.74) is 6.87. The van der Waals surface area contributed by atoms with Gasteiger partial charge in [-0.1, -0.05) is 0 Å². The summed E-state index contributed by atoms with van der Waals surface area (Å²) >= 11 is 0. The largest absolute Gasteiger partial charge is 0.366 e. The molecule has 40 heavy (non-hydrogen) atoms. The van der Waals surface area contributed by atoms with E-state index in [0.29, 0.717) is 0 Å². The maximum atomic E-state index is 12.5. The topological polar surface area (TPSA) is 127 Å². The molecule has 4 aliphatic rings. The predicted molar refractivity (Wildman–Crippen MR) is 153 cm³/mol. The van der Waals surface area contributed by atoms with E-state index in [2.05, 4.69) is 37.7 Å². The van der Waals surface area contributed by atoms with E-state index in [0.717, 1.165) is 87.0 Å². The van der Waals surface area contributed by atoms with Gasteiger partial charge in [0.05, 0.1) is 35.3 Å². The summed E-state index contributed by atoms with van der Waals surface area (Å²) < 4.78 is 30.0. The highest BCUT2D eigenvalue weighted by Crippen LogP contribution is 2.53. The molecule has 216 valence electrons. The van der Waals surface area contributed by atoms with Crippen LogP contribution in [0.2, 0.25) is 0 Å². The Morgan fingerprint density at radius 1 is 1.12 bits per heavy atom. The summed E-state index contributed by atoms with van der Waals surface area (Å²) in [6, 6.07) is 2.17. The molecule has 4 heterocycles. The molecule has 12 heteroatoms. The number of carbonyl (C=O) groups is 1. The fourth-order valence-electron chi connectivity index (χ4n) is 7.10. The van der Waals surface area contributed by atoms with Crippen LogP contribution in [0.5, 0.6) is 0 Å². The van der Waals surface area contributed by atoms with Gasteiger partial charge < -0.3 is 10.2 Å². The molecular weight excluding hydrogens is 528 g/mol. The van der Waals surface area contributed by atoms with Gasteiger partial charge in [0, 0.05) is 55.6 Å². The van der Waals surface area contributed by atoms with Crippen LogP contribution in [-0.4, -0.2) is 63.3 Å². The van der Waals surface area contributed by atoms with E-state index in [-0.39, 0.29) is 29.2 Å². The molecule has 1 aliphatic heterocycles. The number of carbonyl (C=O) groups excluding carboxylic acids is 1. The Kier molecular flexibility index (Phi) is 6.68. The SMILES string of the molecule is CCS(=O)(=O)NCC(=O)NC12CCC(Cn3nc(C)c4c3CCN(c3cc(C)nc5c3cnn5C)C4)(CC1)CC2. The van der Waals surface area contributed by atoms with Crippen LogP contribution in [0.3, 0.4) is 0 Å². The Balaban J connectivity index is 1.13. The van der Waals surface area contributed by atoms with Crippen molar-refractivity contribution >= 4 is 32.7 Å². The molecule has 0 spiro atoms. The van der Waals surface area contributed by atoms with Gasteiger partial charge in [-0.05, 0) is 70.8 Å². The number of hydrogen-bond donors (Lipinski definition) is 2. The number of amides is 1. The van der Waals surface area contributed by atoms with Gasteiger partial charge >= 0.3 is 0 Å². The van der Waals surface area contributed by atoms with E-state index in [1.807, 2.05) is 24.9 Å². The van der Waals surface area contributed by atoms with Crippen LogP contribution in [0, 0.1) is 19.3 Å². The summed E-state index contributed by atoms with van der Waals surface area (Å²) in [6.07, 6.45) is 8.78. The highest BCUT2D eigenvalue weighted by molar-refractivity contribution is 7.89. The van der Waals surface area contributed by atoms with Crippen LogP contribution in [0.15, 0.2) is 12.3 Å². The number of hydrogen-bond acceptors (Lipinski definition) is 7. The van der Waals surface area contributed by atoms with E-state index in [1.54, 1.807) is 6.92 Å². The minimum Gasteiger partial charge on any atom is -0.366 e. The van der Waals surface area contributed by atoms with Gasteiger partial charge in [0.15, 0.2) is 5.65 Å². The Labute approximate surface area is 235 Å². The van der Waals surface area contributed by atoms with E-state index in [4.69, 9.17) is 10.1 Å². The molecule has 3 saturated carbocycles. The van der Waals surface area contributed by atoms with Gasteiger partial charge in [0.2, 0.25) is 15.9 Å². The highest BCUT2D eigenvalue weighted by Gasteiger charge is 2.49. The molecule has 0 atom stereocenters. The van der Waals surface area contributed by atoms with Gasteiger partial charge in [-0.15, -0.1) is 0 Å². The number of aryl methyl sites for hydroxylation is 3. The molecular formula is C28H40N8O3S. The normalized spacial score (nSPS) is 24.4. The lowest BCUT2D eigenvalue weighted by atomic mass is 9.57. The van der Waals surface area contributed by atoms with Crippen LogP contribution >= 0.6 is 0 Å². The number of rotatable bonds is 8. The Morgan fingerprint density at radius 2 is 1.85 bits per heavy atom. The van der Waals surface area contributed by atoms with Gasteiger partial charge in [-0.2, -0.15) is 10.2 Å². The third-order valence-corrected chi connectivity index (χ3v) is 11.0. The third-order valence-electron chi connectivity index (χ3n) is 9.61. The van der Waals surface area contributed by atoms with Crippen molar-refractivity contribution in [2.75, 3.05) is 23.7 Å². The molecule has 2 bridgehead atoms. The molecule has 3 aromatic rings. The first kappa shape index (κ1) is 27.2. The Bertz CT molecular complexity index is 1550. The summed E-state index contributed by atoms with van der Waals surface area (Å²) in [6.45, 7) is 8.22. The molecule has 0 radical (unpaired) electrons. The fourth-order valence-corrected chi connectivity index (χ4v) is 7.66. The first-order valence-corrected chi connectivity index (χ1v) is 16.0. The van der Waals surface area contributed by atoms with E-state index in [1.165, 1.54) is 16.9 Å². The molecule has 0 aromatic carbocycles. The van der Waals surface area contributed by atoms with Crippen LogP contribution in [0.25, 0.3) is 11.0 Å². The smallest absolute Gasteiger partial charge is 0.235 e. The second-order valence-electron chi connectivity index (χ2n) is 12.2. The monoisotopic (exact) mass is 568 g/mol. The molecule has 7 rings (SSSR count). The maximum Gasteiger partial charge on any atom is 0.235 e. The average molecular weight is 569 g/mol. The zero-order valence-corrected chi connectivity index (χ0v) is 24.8. The number of aromatic nitrogens is 5. The van der Waals surface area contributed by atoms with Crippen molar-refractivity contribution in [1.82, 2.24) is 34.6 Å². The minimum absolute atomic E-state index is 0.0274. The molecule has 3 fully saturated rings. The van der Waals surface area contributed by atoms with Crippen LogP contribution in [0.1, 0.15) is 68.1 Å². The zero-order valence-electron chi connectivity index (χ0n) is 24.0. The molecule has 11 nitrogen and oxygen atoms in total. The van der Waals surface area contributed by atoms with Gasteiger partial charge in [-0.25, -0.2) is 18.1 Å². The molecule has 2 N–H and O–H groups in total. The molecule has 0 unspecified atom stereocenters. The predicted octanol–water partition coefficient (Wildman–Crippen LogP) is 2.49. The van der Waals surface area contributed by atoms with Crippen LogP contribution in [0.4, 0.5) is 5.69 Å². The van der Waals surface area contributed by atoms with E-state index >= 15 is 0 Å². The first-order valence-electron chi connectivity index (χ1n) is 14.4. The van der Waals surface area contributed by atoms with Crippen molar-refractivity contribution in [2.24, 2.45) is 12.5 Å². The van der Waals surface area contributed by atoms with Crippen LogP contribution < -0.4 is 14.9 Å². The van der Waals surface area contributed by atoms with Crippen molar-refractivity contribution in [3.8, 4) is 0 Å². The second kappa shape index (κ2) is 9.83. The van der Waals surface area contributed by atoms with Crippen molar-refractivity contribution in [2.45, 2.75) is 84.3 Å². The summed E-state index contributed by atoms with van der Waals surface area (Å²) in [7, 11) is -1.45. The second-order valence-corrected chi connectivity index (χ2v) is 14.3. The number of pyridine rings is 1. The lowest BCUT2D eigenvalue weighted by Gasteiger charge is -2.53. The quantitative estimate of drug-likeness (QED) is 0.427. The summed E-state index contributed by atoms with van der Waals surface area (Å²) in [4.78, 5) is 19.7. The lowest BCUT2D eigenvalue weighted by molar-refractivity contribution is -0.124. The van der Waals surface area contributed by atoms with Crippen molar-refractivity contribution in [1.29, 1.82) is 0 Å². The Hall–Kier alpha value is -2.99. The summed E-state index contributed by atoms with van der Waals surface area (Å²) in [5, 5.41) is 13.8. The third kappa shape index (κ3) is 4.89. The van der Waals surface area contributed by atoms with Crippen molar-refractivity contribution in [3.05, 3.63) is 34.9 Å². The number of fused-ring (bicyclic) bond motifs is 5. The van der Waals surface area contributed by atoms with Crippen LogP contribution in [-0.2, 0) is 41.4 Å². The maximum absolute atomic E-state index is 12.5. The minimum atomic E-state index is -3.38. The van der Waals surface area contributed by atoms with Crippen molar-refractivity contribution < 1.29 is 13.2 Å². The van der Waals surface area contributed by atoms with Crippen molar-refractivity contribution in [3.63, 3.8) is 0 Å². The highest BCUT2D eigenvalue weighted by atomic mass is 32.2. The average Bonchev–Trinajstić information content (AvgIpc) is 3.46. The Morgan fingerprint density at radius 3 is 2.55 bits per heavy atom. The van der Waals surface area contributed by atoms with E-state index in [9.17, 15) is 13.2 Å². The standard InChI is InChI=1S/C28H40N8O3S/c1-5-40(38,39)30-16-25(37)32-28-10-7-27(8-11-28,9-12-28)18-36-23-6-13-35(17-22(23)20(3)33-36)24-14-19(2)31-26-21(24)15-29-34(26)4/h14-15,30H,5-13,16-18H2,1-4H3,(H,32,37). The molecule has 0 saturated heterocycles. The molecule has 1 amide bonds.